The summed E-state index contributed by atoms with van der Waals surface area (Å²) in [5.74, 6) is 0. The van der Waals surface area contributed by atoms with Crippen LogP contribution in [0.25, 0.3) is 0 Å². The lowest BCUT2D eigenvalue weighted by molar-refractivity contribution is 0.0786. The molecule has 0 fully saturated rings. The molecule has 4 nitrogen and oxygen atoms in total. The molecule has 0 aliphatic carbocycles. The van der Waals surface area contributed by atoms with Crippen molar-refractivity contribution in [2.75, 3.05) is 13.7 Å². The topological polar surface area (TPSA) is 47.9 Å². The molecule has 0 aromatic rings. The lowest BCUT2D eigenvalue weighted by Crippen LogP contribution is -2.09. The van der Waals surface area contributed by atoms with Crippen LogP contribution in [0.15, 0.2) is 0 Å². The zero-order valence-corrected chi connectivity index (χ0v) is 8.30. The van der Waals surface area contributed by atoms with Crippen molar-refractivity contribution in [2.24, 2.45) is 0 Å². The molecule has 0 spiro atoms. The number of hydrogen-bond acceptors (Lipinski definition) is 4. The van der Waals surface area contributed by atoms with Gasteiger partial charge in [-0.1, -0.05) is 0 Å². The Kier molecular flexibility index (Phi) is 5.13. The minimum Gasteiger partial charge on any atom is -0.168 e. The van der Waals surface area contributed by atoms with Gasteiger partial charge in [-0.05, 0) is 20.8 Å². The summed E-state index contributed by atoms with van der Waals surface area (Å²) in [7, 11) is -1.64. The SMILES string of the molecule is CCO[P+](O)(OC)OC(C)C. The number of rotatable bonds is 5. The first-order valence-corrected chi connectivity index (χ1v) is 5.04. The predicted octanol–water partition coefficient (Wildman–Crippen LogP) is 1.76. The summed E-state index contributed by atoms with van der Waals surface area (Å²) in [5.41, 5.74) is 0. The van der Waals surface area contributed by atoms with Gasteiger partial charge >= 0.3 is 8.17 Å². The van der Waals surface area contributed by atoms with E-state index in [1.54, 1.807) is 6.92 Å². The summed E-state index contributed by atoms with van der Waals surface area (Å²) < 4.78 is 14.7. The van der Waals surface area contributed by atoms with E-state index in [2.05, 4.69) is 0 Å². The molecular formula is C6H16O4P+. The average Bonchev–Trinajstić information content (AvgIpc) is 1.87. The molecule has 1 atom stereocenters. The van der Waals surface area contributed by atoms with Gasteiger partial charge in [0.2, 0.25) is 0 Å². The Bertz CT molecular complexity index is 109. The van der Waals surface area contributed by atoms with E-state index in [1.807, 2.05) is 13.8 Å². The third-order valence-electron chi connectivity index (χ3n) is 0.867. The maximum absolute atomic E-state index is 9.43. The second-order valence-corrected chi connectivity index (χ2v) is 3.99. The molecule has 11 heavy (non-hydrogen) atoms. The zero-order valence-electron chi connectivity index (χ0n) is 7.40. The average molecular weight is 183 g/mol. The highest BCUT2D eigenvalue weighted by molar-refractivity contribution is 7.55. The van der Waals surface area contributed by atoms with Crippen LogP contribution in [0.5, 0.6) is 0 Å². The van der Waals surface area contributed by atoms with Gasteiger partial charge in [-0.25, -0.2) is 0 Å². The van der Waals surface area contributed by atoms with E-state index < -0.39 is 8.17 Å². The minimum absolute atomic E-state index is 0.0974. The highest BCUT2D eigenvalue weighted by atomic mass is 31.2. The van der Waals surface area contributed by atoms with E-state index in [0.29, 0.717) is 6.61 Å². The monoisotopic (exact) mass is 183 g/mol. The third kappa shape index (κ3) is 4.67. The molecule has 0 saturated heterocycles. The van der Waals surface area contributed by atoms with Gasteiger partial charge in [0, 0.05) is 0 Å². The molecule has 0 aromatic carbocycles. The highest BCUT2D eigenvalue weighted by Gasteiger charge is 2.43. The summed E-state index contributed by atoms with van der Waals surface area (Å²) in [6.45, 7) is 5.77. The largest absolute Gasteiger partial charge is 0.572 e. The quantitative estimate of drug-likeness (QED) is 0.660. The van der Waals surface area contributed by atoms with Crippen LogP contribution in [0.3, 0.4) is 0 Å². The van der Waals surface area contributed by atoms with Crippen molar-refractivity contribution < 1.29 is 18.5 Å². The number of hydrogen-bond donors (Lipinski definition) is 1. The van der Waals surface area contributed by atoms with Gasteiger partial charge in [-0.15, -0.1) is 0 Å². The maximum Gasteiger partial charge on any atom is 0.572 e. The Labute approximate surface area is 68.1 Å². The van der Waals surface area contributed by atoms with Crippen LogP contribution in [0, 0.1) is 0 Å². The zero-order chi connectivity index (χ0) is 8.91. The molecule has 0 rings (SSSR count). The first-order valence-electron chi connectivity index (χ1n) is 3.54. The molecule has 1 N–H and O–H groups in total. The highest BCUT2D eigenvalue weighted by Crippen LogP contribution is 2.57. The van der Waals surface area contributed by atoms with E-state index in [9.17, 15) is 4.89 Å². The third-order valence-corrected chi connectivity index (χ3v) is 2.60. The first kappa shape index (κ1) is 11.3. The Balaban J connectivity index is 3.87. The van der Waals surface area contributed by atoms with Gasteiger partial charge in [-0.2, -0.15) is 18.5 Å². The van der Waals surface area contributed by atoms with Crippen molar-refractivity contribution in [3.8, 4) is 0 Å². The smallest absolute Gasteiger partial charge is 0.168 e. The molecule has 0 amide bonds. The summed E-state index contributed by atoms with van der Waals surface area (Å²) >= 11 is 0. The van der Waals surface area contributed by atoms with Crippen molar-refractivity contribution in [2.45, 2.75) is 26.9 Å². The summed E-state index contributed by atoms with van der Waals surface area (Å²) in [5, 5.41) is 0. The Morgan fingerprint density at radius 3 is 2.27 bits per heavy atom. The van der Waals surface area contributed by atoms with E-state index in [1.165, 1.54) is 7.11 Å². The van der Waals surface area contributed by atoms with Gasteiger partial charge in [0.25, 0.3) is 0 Å². The van der Waals surface area contributed by atoms with Crippen molar-refractivity contribution in [1.29, 1.82) is 0 Å². The second-order valence-electron chi connectivity index (χ2n) is 2.22. The van der Waals surface area contributed by atoms with Crippen molar-refractivity contribution in [3.05, 3.63) is 0 Å². The molecule has 5 heteroatoms. The Morgan fingerprint density at radius 1 is 1.45 bits per heavy atom. The lowest BCUT2D eigenvalue weighted by Gasteiger charge is -2.13. The molecule has 0 aromatic heterocycles. The van der Waals surface area contributed by atoms with Crippen LogP contribution in [-0.4, -0.2) is 24.7 Å². The van der Waals surface area contributed by atoms with Gasteiger partial charge in [-0.3, -0.25) is 0 Å². The second kappa shape index (κ2) is 5.01. The molecular weight excluding hydrogens is 167 g/mol. The predicted molar refractivity (Wildman–Crippen MR) is 44.0 cm³/mol. The fourth-order valence-electron chi connectivity index (χ4n) is 0.556. The van der Waals surface area contributed by atoms with Gasteiger partial charge in [0.05, 0.1) is 13.7 Å². The fraction of sp³-hybridized carbons (Fsp3) is 1.00. The van der Waals surface area contributed by atoms with Crippen molar-refractivity contribution >= 4 is 8.17 Å². The molecule has 0 bridgehead atoms. The molecule has 0 saturated carbocycles. The standard InChI is InChI=1S/C6H16O4P/c1-5-9-11(7,8-4)10-6(2)3/h6-7H,5H2,1-4H3/q+1. The molecule has 68 valence electrons. The van der Waals surface area contributed by atoms with Gasteiger partial charge in [0.1, 0.15) is 6.10 Å². The summed E-state index contributed by atoms with van der Waals surface area (Å²) in [6, 6.07) is 0. The molecule has 0 aliphatic rings. The summed E-state index contributed by atoms with van der Waals surface area (Å²) in [6.07, 6.45) is -0.0974. The van der Waals surface area contributed by atoms with Crippen LogP contribution in [0.1, 0.15) is 20.8 Å². The van der Waals surface area contributed by atoms with Gasteiger partial charge < -0.3 is 0 Å². The van der Waals surface area contributed by atoms with E-state index in [-0.39, 0.29) is 6.10 Å². The van der Waals surface area contributed by atoms with Crippen LogP contribution >= 0.6 is 8.17 Å². The minimum atomic E-state index is -3.01. The van der Waals surface area contributed by atoms with E-state index in [4.69, 9.17) is 13.6 Å². The molecule has 0 radical (unpaired) electrons. The lowest BCUT2D eigenvalue weighted by atomic mass is 10.5. The van der Waals surface area contributed by atoms with Crippen molar-refractivity contribution in [3.63, 3.8) is 0 Å². The first-order chi connectivity index (χ1) is 5.04. The maximum atomic E-state index is 9.43. The molecule has 0 aliphatic heterocycles. The van der Waals surface area contributed by atoms with Gasteiger partial charge in [0.15, 0.2) is 0 Å². The van der Waals surface area contributed by atoms with Crippen LogP contribution in [-0.2, 0) is 13.6 Å². The normalized spacial score (nSPS) is 16.9. The van der Waals surface area contributed by atoms with E-state index >= 15 is 0 Å². The Hall–Kier alpha value is 0.270. The van der Waals surface area contributed by atoms with Crippen LogP contribution < -0.4 is 0 Å². The molecule has 0 heterocycles. The van der Waals surface area contributed by atoms with Crippen molar-refractivity contribution in [1.82, 2.24) is 0 Å². The fourth-order valence-corrected chi connectivity index (χ4v) is 1.67. The van der Waals surface area contributed by atoms with E-state index in [0.717, 1.165) is 0 Å². The van der Waals surface area contributed by atoms with Crippen LogP contribution in [0.4, 0.5) is 0 Å². The summed E-state index contributed by atoms with van der Waals surface area (Å²) in [4.78, 5) is 9.43. The molecule has 1 unspecified atom stereocenters. The van der Waals surface area contributed by atoms with Crippen LogP contribution in [0.2, 0.25) is 0 Å². The Morgan fingerprint density at radius 2 is 2.00 bits per heavy atom.